The zero-order valence-corrected chi connectivity index (χ0v) is 16.7. The van der Waals surface area contributed by atoms with E-state index in [1.165, 1.54) is 0 Å². The third-order valence-electron chi connectivity index (χ3n) is 4.33. The van der Waals surface area contributed by atoms with Gasteiger partial charge in [0.15, 0.2) is 0 Å². The van der Waals surface area contributed by atoms with Gasteiger partial charge in [-0.05, 0) is 36.6 Å². The van der Waals surface area contributed by atoms with Crippen LogP contribution >= 0.6 is 11.6 Å². The van der Waals surface area contributed by atoms with E-state index in [0.29, 0.717) is 31.0 Å². The second-order valence-electron chi connectivity index (χ2n) is 6.50. The lowest BCUT2D eigenvalue weighted by molar-refractivity contribution is -0.141. The molecule has 2 amide bonds. The van der Waals surface area contributed by atoms with Crippen LogP contribution in [-0.4, -0.2) is 29.3 Å². The first-order valence-corrected chi connectivity index (χ1v) is 9.78. The molecule has 1 atom stereocenters. The van der Waals surface area contributed by atoms with Crippen molar-refractivity contribution in [3.8, 4) is 0 Å². The zero-order valence-electron chi connectivity index (χ0n) is 16.0. The van der Waals surface area contributed by atoms with Gasteiger partial charge in [-0.3, -0.25) is 9.59 Å². The first-order chi connectivity index (χ1) is 13.0. The highest BCUT2D eigenvalue weighted by atomic mass is 35.5. The molecule has 0 aromatic heterocycles. The Morgan fingerprint density at radius 3 is 2.37 bits per heavy atom. The predicted octanol–water partition coefficient (Wildman–Crippen LogP) is 4.22. The fourth-order valence-corrected chi connectivity index (χ4v) is 3.25. The minimum absolute atomic E-state index is 0.0235. The number of nitrogens with zero attached hydrogens (tertiary/aromatic N) is 1. The van der Waals surface area contributed by atoms with E-state index in [2.05, 4.69) is 5.32 Å². The van der Waals surface area contributed by atoms with Gasteiger partial charge in [0, 0.05) is 31.0 Å². The van der Waals surface area contributed by atoms with Crippen molar-refractivity contribution in [2.45, 2.75) is 45.7 Å². The van der Waals surface area contributed by atoms with Crippen molar-refractivity contribution in [3.63, 3.8) is 0 Å². The highest BCUT2D eigenvalue weighted by molar-refractivity contribution is 6.30. The van der Waals surface area contributed by atoms with Gasteiger partial charge in [-0.25, -0.2) is 0 Å². The standard InChI is InChI=1S/C22H27ClN2O2/c1-3-9-21(26)25(16-18-12-8-13-19(23)14-18)20(22(27)24-4-2)15-17-10-6-5-7-11-17/h5-8,10-14,20H,3-4,9,15-16H2,1-2H3,(H,24,27)/t20-/m1/s1. The Kier molecular flexibility index (Phi) is 8.34. The Bertz CT molecular complexity index is 749. The third kappa shape index (κ3) is 6.40. The lowest BCUT2D eigenvalue weighted by Crippen LogP contribution is -2.50. The van der Waals surface area contributed by atoms with E-state index in [0.717, 1.165) is 17.5 Å². The molecular formula is C22H27ClN2O2. The molecule has 0 radical (unpaired) electrons. The van der Waals surface area contributed by atoms with E-state index >= 15 is 0 Å². The first-order valence-electron chi connectivity index (χ1n) is 9.40. The normalized spacial score (nSPS) is 11.7. The molecule has 0 aliphatic carbocycles. The number of benzene rings is 2. The maximum atomic E-state index is 12.9. The van der Waals surface area contributed by atoms with Crippen molar-refractivity contribution in [1.82, 2.24) is 10.2 Å². The number of hydrogen-bond donors (Lipinski definition) is 1. The van der Waals surface area contributed by atoms with Crippen molar-refractivity contribution in [1.29, 1.82) is 0 Å². The molecule has 2 rings (SSSR count). The van der Waals surface area contributed by atoms with Crippen molar-refractivity contribution in [2.75, 3.05) is 6.54 Å². The van der Waals surface area contributed by atoms with Crippen LogP contribution in [0.25, 0.3) is 0 Å². The van der Waals surface area contributed by atoms with Crippen LogP contribution in [0.2, 0.25) is 5.02 Å². The fraction of sp³-hybridized carbons (Fsp3) is 0.364. The van der Waals surface area contributed by atoms with Crippen LogP contribution in [0, 0.1) is 0 Å². The van der Waals surface area contributed by atoms with Gasteiger partial charge < -0.3 is 10.2 Å². The Hall–Kier alpha value is -2.33. The van der Waals surface area contributed by atoms with Crippen molar-refractivity contribution < 1.29 is 9.59 Å². The molecule has 0 bridgehead atoms. The summed E-state index contributed by atoms with van der Waals surface area (Å²) in [5, 5.41) is 3.50. The summed E-state index contributed by atoms with van der Waals surface area (Å²) in [6.45, 7) is 4.73. The average molecular weight is 387 g/mol. The van der Waals surface area contributed by atoms with Gasteiger partial charge in [0.05, 0.1) is 0 Å². The van der Waals surface area contributed by atoms with E-state index < -0.39 is 6.04 Å². The Morgan fingerprint density at radius 2 is 1.74 bits per heavy atom. The van der Waals surface area contributed by atoms with Gasteiger partial charge >= 0.3 is 0 Å². The van der Waals surface area contributed by atoms with E-state index in [9.17, 15) is 9.59 Å². The van der Waals surface area contributed by atoms with Gasteiger partial charge in [0.1, 0.15) is 6.04 Å². The average Bonchev–Trinajstić information content (AvgIpc) is 2.66. The summed E-state index contributed by atoms with van der Waals surface area (Å²) in [4.78, 5) is 27.4. The molecule has 0 spiro atoms. The monoisotopic (exact) mass is 386 g/mol. The van der Waals surface area contributed by atoms with Gasteiger partial charge in [-0.1, -0.05) is 61.0 Å². The van der Waals surface area contributed by atoms with Crippen LogP contribution in [-0.2, 0) is 22.6 Å². The third-order valence-corrected chi connectivity index (χ3v) is 4.56. The van der Waals surface area contributed by atoms with Crippen molar-refractivity contribution in [3.05, 3.63) is 70.7 Å². The van der Waals surface area contributed by atoms with Crippen molar-refractivity contribution in [2.24, 2.45) is 0 Å². The maximum absolute atomic E-state index is 12.9. The van der Waals surface area contributed by atoms with Gasteiger partial charge in [0.2, 0.25) is 11.8 Å². The molecule has 2 aromatic carbocycles. The number of carbonyl (C=O) groups is 2. The first kappa shape index (κ1) is 21.0. The number of amides is 2. The minimum atomic E-state index is -0.564. The summed E-state index contributed by atoms with van der Waals surface area (Å²) < 4.78 is 0. The van der Waals surface area contributed by atoms with Crippen LogP contribution < -0.4 is 5.32 Å². The SMILES string of the molecule is CCCC(=O)N(Cc1cccc(Cl)c1)[C@H](Cc1ccccc1)C(=O)NCC. The lowest BCUT2D eigenvalue weighted by atomic mass is 10.0. The van der Waals surface area contributed by atoms with Gasteiger partial charge in [-0.15, -0.1) is 0 Å². The number of likely N-dealkylation sites (N-methyl/N-ethyl adjacent to an activating group) is 1. The summed E-state index contributed by atoms with van der Waals surface area (Å²) in [5.41, 5.74) is 1.93. The Balaban J connectivity index is 2.34. The quantitative estimate of drug-likeness (QED) is 0.701. The number of hydrogen-bond acceptors (Lipinski definition) is 2. The second-order valence-corrected chi connectivity index (χ2v) is 6.94. The molecule has 0 aliphatic rings. The van der Waals surface area contributed by atoms with E-state index in [1.807, 2.05) is 62.4 Å². The van der Waals surface area contributed by atoms with Crippen LogP contribution in [0.1, 0.15) is 37.8 Å². The zero-order chi connectivity index (χ0) is 19.6. The maximum Gasteiger partial charge on any atom is 0.243 e. The molecular weight excluding hydrogens is 360 g/mol. The Labute approximate surface area is 166 Å². The highest BCUT2D eigenvalue weighted by Gasteiger charge is 2.29. The summed E-state index contributed by atoms with van der Waals surface area (Å²) >= 11 is 6.11. The van der Waals surface area contributed by atoms with E-state index in [1.54, 1.807) is 11.0 Å². The molecule has 2 aromatic rings. The number of halogens is 1. The number of nitrogens with one attached hydrogen (secondary N) is 1. The van der Waals surface area contributed by atoms with Crippen LogP contribution in [0.5, 0.6) is 0 Å². The van der Waals surface area contributed by atoms with Gasteiger partial charge in [-0.2, -0.15) is 0 Å². The second kappa shape index (κ2) is 10.7. The van der Waals surface area contributed by atoms with E-state index in [4.69, 9.17) is 11.6 Å². The van der Waals surface area contributed by atoms with Crippen LogP contribution in [0.3, 0.4) is 0 Å². The largest absolute Gasteiger partial charge is 0.355 e. The lowest BCUT2D eigenvalue weighted by Gasteiger charge is -2.31. The smallest absolute Gasteiger partial charge is 0.243 e. The summed E-state index contributed by atoms with van der Waals surface area (Å²) in [7, 11) is 0. The molecule has 5 heteroatoms. The Morgan fingerprint density at radius 1 is 1.04 bits per heavy atom. The molecule has 0 unspecified atom stereocenters. The molecule has 4 nitrogen and oxygen atoms in total. The topological polar surface area (TPSA) is 49.4 Å². The van der Waals surface area contributed by atoms with Crippen LogP contribution in [0.15, 0.2) is 54.6 Å². The highest BCUT2D eigenvalue weighted by Crippen LogP contribution is 2.18. The predicted molar refractivity (Wildman–Crippen MR) is 110 cm³/mol. The summed E-state index contributed by atoms with van der Waals surface area (Å²) in [5.74, 6) is -0.155. The molecule has 1 N–H and O–H groups in total. The summed E-state index contributed by atoms with van der Waals surface area (Å²) in [6.07, 6.45) is 1.62. The minimum Gasteiger partial charge on any atom is -0.355 e. The van der Waals surface area contributed by atoms with E-state index in [-0.39, 0.29) is 11.8 Å². The molecule has 0 heterocycles. The molecule has 0 saturated heterocycles. The molecule has 27 heavy (non-hydrogen) atoms. The number of carbonyl (C=O) groups excluding carboxylic acids is 2. The number of rotatable bonds is 9. The molecule has 0 aliphatic heterocycles. The molecule has 144 valence electrons. The molecule has 0 fully saturated rings. The summed E-state index contributed by atoms with van der Waals surface area (Å²) in [6, 6.07) is 16.6. The van der Waals surface area contributed by atoms with Gasteiger partial charge in [0.25, 0.3) is 0 Å². The van der Waals surface area contributed by atoms with Crippen LogP contribution in [0.4, 0.5) is 0 Å². The fourth-order valence-electron chi connectivity index (χ4n) is 3.04. The van der Waals surface area contributed by atoms with Crippen molar-refractivity contribution >= 4 is 23.4 Å². The molecule has 0 saturated carbocycles.